The predicted molar refractivity (Wildman–Crippen MR) is 78.5 cm³/mol. The lowest BCUT2D eigenvalue weighted by molar-refractivity contribution is -0.155. The van der Waals surface area contributed by atoms with Gasteiger partial charge in [0.05, 0.1) is 13.2 Å². The van der Waals surface area contributed by atoms with Crippen LogP contribution in [-0.2, 0) is 14.3 Å². The van der Waals surface area contributed by atoms with Gasteiger partial charge in [0.15, 0.2) is 0 Å². The highest BCUT2D eigenvalue weighted by Gasteiger charge is 2.49. The van der Waals surface area contributed by atoms with Crippen molar-refractivity contribution in [2.75, 3.05) is 13.7 Å². The van der Waals surface area contributed by atoms with E-state index in [4.69, 9.17) is 4.74 Å². The van der Waals surface area contributed by atoms with Crippen molar-refractivity contribution in [2.24, 2.45) is 11.3 Å². The second-order valence-corrected chi connectivity index (χ2v) is 6.97. The molecule has 5 heteroatoms. The van der Waals surface area contributed by atoms with E-state index in [1.807, 2.05) is 0 Å². The number of hydrogen-bond donors (Lipinski definition) is 1. The first-order valence-corrected chi connectivity index (χ1v) is 7.96. The van der Waals surface area contributed by atoms with E-state index >= 15 is 0 Å². The zero-order valence-corrected chi connectivity index (χ0v) is 13.3. The van der Waals surface area contributed by atoms with Crippen molar-refractivity contribution in [2.45, 2.75) is 64.5 Å². The maximum Gasteiger partial charge on any atom is 0.328 e. The van der Waals surface area contributed by atoms with Gasteiger partial charge in [-0.15, -0.1) is 0 Å². The number of carbonyl (C=O) groups excluding carboxylic acids is 2. The summed E-state index contributed by atoms with van der Waals surface area (Å²) in [6, 6.07) is -0.623. The molecule has 2 aliphatic rings. The van der Waals surface area contributed by atoms with Crippen molar-refractivity contribution in [1.29, 1.82) is 0 Å². The average Bonchev–Trinajstić information content (AvgIpc) is 3.04. The third-order valence-corrected chi connectivity index (χ3v) is 4.83. The predicted octanol–water partition coefficient (Wildman–Crippen LogP) is 1.73. The Labute approximate surface area is 126 Å². The number of aliphatic hydroxyl groups excluding tert-OH is 1. The quantitative estimate of drug-likeness (QED) is 0.803. The minimum Gasteiger partial charge on any atom is -0.467 e. The van der Waals surface area contributed by atoms with E-state index in [2.05, 4.69) is 13.8 Å². The SMILES string of the molecule is COC(=O)C1CC(O)CN1C(=O)C1(CC(C)C)CCCC1. The maximum absolute atomic E-state index is 13.1. The molecular weight excluding hydrogens is 270 g/mol. The third kappa shape index (κ3) is 3.23. The van der Waals surface area contributed by atoms with E-state index < -0.39 is 18.1 Å². The molecule has 1 heterocycles. The summed E-state index contributed by atoms with van der Waals surface area (Å²) in [7, 11) is 1.33. The number of ether oxygens (including phenoxy) is 1. The van der Waals surface area contributed by atoms with Gasteiger partial charge in [-0.25, -0.2) is 4.79 Å². The molecular formula is C16H27NO4. The molecule has 0 aromatic rings. The molecule has 0 radical (unpaired) electrons. The molecule has 2 rings (SSSR count). The minimum absolute atomic E-state index is 0.0423. The normalized spacial score (nSPS) is 28.1. The Kier molecular flexibility index (Phi) is 4.91. The van der Waals surface area contributed by atoms with Crippen LogP contribution in [0.25, 0.3) is 0 Å². The van der Waals surface area contributed by atoms with Crippen molar-refractivity contribution >= 4 is 11.9 Å². The van der Waals surface area contributed by atoms with Gasteiger partial charge in [-0.1, -0.05) is 26.7 Å². The fraction of sp³-hybridized carbons (Fsp3) is 0.875. The van der Waals surface area contributed by atoms with E-state index in [9.17, 15) is 14.7 Å². The first kappa shape index (κ1) is 16.3. The highest BCUT2D eigenvalue weighted by Crippen LogP contribution is 2.45. The second kappa shape index (κ2) is 6.34. The molecule has 2 atom stereocenters. The van der Waals surface area contributed by atoms with Gasteiger partial charge in [0, 0.05) is 18.4 Å². The van der Waals surface area contributed by atoms with E-state index in [-0.39, 0.29) is 24.3 Å². The molecule has 21 heavy (non-hydrogen) atoms. The fourth-order valence-corrected chi connectivity index (χ4v) is 4.04. The van der Waals surface area contributed by atoms with E-state index in [0.29, 0.717) is 5.92 Å². The van der Waals surface area contributed by atoms with Gasteiger partial charge in [0.1, 0.15) is 6.04 Å². The summed E-state index contributed by atoms with van der Waals surface area (Å²) < 4.78 is 4.80. The number of nitrogens with zero attached hydrogens (tertiary/aromatic N) is 1. The van der Waals surface area contributed by atoms with Crippen LogP contribution < -0.4 is 0 Å². The molecule has 1 aliphatic carbocycles. The van der Waals surface area contributed by atoms with E-state index in [1.54, 1.807) is 4.90 Å². The number of carbonyl (C=O) groups is 2. The summed E-state index contributed by atoms with van der Waals surface area (Å²) >= 11 is 0. The number of amides is 1. The lowest BCUT2D eigenvalue weighted by Crippen LogP contribution is -2.48. The number of rotatable bonds is 4. The van der Waals surface area contributed by atoms with Crippen molar-refractivity contribution in [3.8, 4) is 0 Å². The second-order valence-electron chi connectivity index (χ2n) is 6.97. The van der Waals surface area contributed by atoms with Crippen LogP contribution in [0.3, 0.4) is 0 Å². The van der Waals surface area contributed by atoms with Crippen molar-refractivity contribution in [1.82, 2.24) is 4.90 Å². The van der Waals surface area contributed by atoms with Crippen LogP contribution in [-0.4, -0.2) is 47.7 Å². The summed E-state index contributed by atoms with van der Waals surface area (Å²) in [5, 5.41) is 9.87. The molecule has 5 nitrogen and oxygen atoms in total. The Morgan fingerprint density at radius 2 is 1.95 bits per heavy atom. The first-order valence-electron chi connectivity index (χ1n) is 7.96. The lowest BCUT2D eigenvalue weighted by Gasteiger charge is -2.35. The fourth-order valence-electron chi connectivity index (χ4n) is 4.04. The molecule has 2 fully saturated rings. The zero-order chi connectivity index (χ0) is 15.6. The van der Waals surface area contributed by atoms with Gasteiger partial charge in [-0.05, 0) is 25.2 Å². The maximum atomic E-state index is 13.1. The number of hydrogen-bond acceptors (Lipinski definition) is 4. The number of likely N-dealkylation sites (tertiary alicyclic amines) is 1. The molecule has 0 bridgehead atoms. The van der Waals surface area contributed by atoms with Crippen molar-refractivity contribution in [3.63, 3.8) is 0 Å². The van der Waals surface area contributed by atoms with Crippen LogP contribution in [0.1, 0.15) is 52.4 Å². The van der Waals surface area contributed by atoms with Gasteiger partial charge < -0.3 is 14.7 Å². The smallest absolute Gasteiger partial charge is 0.328 e. The van der Waals surface area contributed by atoms with Crippen LogP contribution in [0.15, 0.2) is 0 Å². The van der Waals surface area contributed by atoms with Crippen LogP contribution in [0.5, 0.6) is 0 Å². The molecule has 2 unspecified atom stereocenters. The first-order chi connectivity index (χ1) is 9.89. The highest BCUT2D eigenvalue weighted by atomic mass is 16.5. The van der Waals surface area contributed by atoms with Crippen molar-refractivity contribution in [3.05, 3.63) is 0 Å². The lowest BCUT2D eigenvalue weighted by atomic mass is 9.77. The zero-order valence-electron chi connectivity index (χ0n) is 13.3. The molecule has 120 valence electrons. The molecule has 1 saturated heterocycles. The molecule has 1 saturated carbocycles. The monoisotopic (exact) mass is 297 g/mol. The largest absolute Gasteiger partial charge is 0.467 e. The van der Waals surface area contributed by atoms with Crippen LogP contribution in [0.4, 0.5) is 0 Å². The van der Waals surface area contributed by atoms with Gasteiger partial charge in [-0.2, -0.15) is 0 Å². The Balaban J connectivity index is 2.21. The number of aliphatic hydroxyl groups is 1. The Hall–Kier alpha value is -1.10. The molecule has 0 aromatic heterocycles. The topological polar surface area (TPSA) is 66.8 Å². The molecule has 0 spiro atoms. The number of esters is 1. The van der Waals surface area contributed by atoms with E-state index in [0.717, 1.165) is 32.1 Å². The number of β-amino-alcohol motifs (C(OH)–C–C–N with tert-alkyl or cyclic N) is 1. The summed E-state index contributed by atoms with van der Waals surface area (Å²) in [6.45, 7) is 4.51. The standard InChI is InChI=1S/C16H27NO4/c1-11(2)9-16(6-4-5-7-16)15(20)17-10-12(18)8-13(17)14(19)21-3/h11-13,18H,4-10H2,1-3H3. The third-order valence-electron chi connectivity index (χ3n) is 4.83. The minimum atomic E-state index is -0.629. The molecule has 1 aliphatic heterocycles. The van der Waals surface area contributed by atoms with Gasteiger partial charge in [-0.3, -0.25) is 4.79 Å². The number of methoxy groups -OCH3 is 1. The summed E-state index contributed by atoms with van der Waals surface area (Å²) in [5.41, 5.74) is -0.343. The Bertz CT molecular complexity index is 401. The average molecular weight is 297 g/mol. The Morgan fingerprint density at radius 3 is 2.48 bits per heavy atom. The van der Waals surface area contributed by atoms with Gasteiger partial charge in [0.2, 0.25) is 5.91 Å². The summed E-state index contributed by atoms with van der Waals surface area (Å²) in [5.74, 6) is 0.0643. The van der Waals surface area contributed by atoms with Gasteiger partial charge >= 0.3 is 5.97 Å². The van der Waals surface area contributed by atoms with E-state index in [1.165, 1.54) is 7.11 Å². The molecule has 1 N–H and O–H groups in total. The van der Waals surface area contributed by atoms with Crippen LogP contribution >= 0.6 is 0 Å². The highest BCUT2D eigenvalue weighted by molar-refractivity contribution is 5.89. The van der Waals surface area contributed by atoms with Gasteiger partial charge in [0.25, 0.3) is 0 Å². The van der Waals surface area contributed by atoms with Crippen LogP contribution in [0, 0.1) is 11.3 Å². The summed E-state index contributed by atoms with van der Waals surface area (Å²) in [4.78, 5) is 26.6. The van der Waals surface area contributed by atoms with Crippen molar-refractivity contribution < 1.29 is 19.4 Å². The molecule has 0 aromatic carbocycles. The summed E-state index contributed by atoms with van der Waals surface area (Å²) in [6.07, 6.45) is 4.43. The Morgan fingerprint density at radius 1 is 1.33 bits per heavy atom. The van der Waals surface area contributed by atoms with Crippen LogP contribution in [0.2, 0.25) is 0 Å². The molecule has 1 amide bonds.